The van der Waals surface area contributed by atoms with E-state index in [0.717, 1.165) is 5.56 Å². The summed E-state index contributed by atoms with van der Waals surface area (Å²) in [6.07, 6.45) is 0. The molecule has 0 unspecified atom stereocenters. The lowest BCUT2D eigenvalue weighted by molar-refractivity contribution is 0.465. The smallest absolute Gasteiger partial charge is 0.244 e. The van der Waals surface area contributed by atoms with Gasteiger partial charge in [0.25, 0.3) is 0 Å². The molecule has 1 heterocycles. The lowest BCUT2D eigenvalue weighted by Gasteiger charge is -2.06. The summed E-state index contributed by atoms with van der Waals surface area (Å²) >= 11 is 5.88. The first-order valence-corrected chi connectivity index (χ1v) is 8.26. The van der Waals surface area contributed by atoms with Crippen LogP contribution in [-0.2, 0) is 23.1 Å². The molecule has 0 aliphatic carbocycles. The Morgan fingerprint density at radius 1 is 1.24 bits per heavy atom. The summed E-state index contributed by atoms with van der Waals surface area (Å²) in [7, 11) is -1.85. The molecule has 0 fully saturated rings. The molecule has 2 rings (SSSR count). The van der Waals surface area contributed by atoms with Crippen molar-refractivity contribution in [1.29, 1.82) is 0 Å². The van der Waals surface area contributed by atoms with Crippen molar-refractivity contribution in [1.82, 2.24) is 10.0 Å². The molecule has 0 aliphatic heterocycles. The van der Waals surface area contributed by atoms with Crippen LogP contribution >= 0.6 is 11.6 Å². The third kappa shape index (κ3) is 4.07. The number of aryl methyl sites for hydroxylation is 1. The molecule has 0 spiro atoms. The molecular weight excluding hydrogens is 312 g/mol. The van der Waals surface area contributed by atoms with Crippen molar-refractivity contribution in [2.45, 2.75) is 24.9 Å². The first-order chi connectivity index (χ1) is 9.92. The highest BCUT2D eigenvalue weighted by Gasteiger charge is 2.21. The second-order valence-electron chi connectivity index (χ2n) is 4.62. The number of furan rings is 1. The molecule has 21 heavy (non-hydrogen) atoms. The van der Waals surface area contributed by atoms with Gasteiger partial charge in [0.05, 0.1) is 6.54 Å². The molecule has 0 aliphatic rings. The number of rotatable bonds is 6. The molecule has 0 amide bonds. The number of halogens is 1. The van der Waals surface area contributed by atoms with E-state index >= 15 is 0 Å². The molecule has 2 aromatic rings. The topological polar surface area (TPSA) is 71.3 Å². The fraction of sp³-hybridized carbons (Fsp3) is 0.286. The highest BCUT2D eigenvalue weighted by molar-refractivity contribution is 7.89. The Labute approximate surface area is 129 Å². The SMILES string of the molecule is CNCc1cc(S(=O)(=O)NCc2cccc(Cl)c2)c(C)o1. The number of benzene rings is 1. The van der Waals surface area contributed by atoms with E-state index < -0.39 is 10.0 Å². The van der Waals surface area contributed by atoms with Crippen LogP contribution in [0, 0.1) is 6.92 Å². The summed E-state index contributed by atoms with van der Waals surface area (Å²) in [5.41, 5.74) is 0.794. The molecule has 7 heteroatoms. The third-order valence-corrected chi connectivity index (χ3v) is 4.66. The summed E-state index contributed by atoms with van der Waals surface area (Å²) in [5.74, 6) is 0.956. The van der Waals surface area contributed by atoms with Gasteiger partial charge in [0.2, 0.25) is 10.0 Å². The average Bonchev–Trinajstić information content (AvgIpc) is 2.79. The minimum absolute atomic E-state index is 0.162. The highest BCUT2D eigenvalue weighted by Crippen LogP contribution is 2.20. The van der Waals surface area contributed by atoms with E-state index in [1.807, 2.05) is 6.07 Å². The van der Waals surface area contributed by atoms with Crippen LogP contribution in [-0.4, -0.2) is 15.5 Å². The average molecular weight is 329 g/mol. The van der Waals surface area contributed by atoms with Gasteiger partial charge in [0.1, 0.15) is 16.4 Å². The van der Waals surface area contributed by atoms with Crippen molar-refractivity contribution in [2.75, 3.05) is 7.05 Å². The zero-order valence-electron chi connectivity index (χ0n) is 11.8. The lowest BCUT2D eigenvalue weighted by atomic mass is 10.2. The van der Waals surface area contributed by atoms with Crippen LogP contribution in [0.5, 0.6) is 0 Å². The minimum atomic E-state index is -3.61. The van der Waals surface area contributed by atoms with E-state index in [1.54, 1.807) is 32.2 Å². The number of sulfonamides is 1. The second-order valence-corrected chi connectivity index (χ2v) is 6.79. The first kappa shape index (κ1) is 16.0. The number of hydrogen-bond donors (Lipinski definition) is 2. The van der Waals surface area contributed by atoms with Crippen LogP contribution in [0.3, 0.4) is 0 Å². The Kier molecular flexibility index (Phi) is 5.05. The fourth-order valence-corrected chi connectivity index (χ4v) is 3.39. The number of nitrogens with one attached hydrogen (secondary N) is 2. The predicted molar refractivity (Wildman–Crippen MR) is 81.7 cm³/mol. The Balaban J connectivity index is 2.15. The fourth-order valence-electron chi connectivity index (χ4n) is 1.96. The molecule has 0 atom stereocenters. The first-order valence-electron chi connectivity index (χ1n) is 6.40. The molecule has 1 aromatic heterocycles. The van der Waals surface area contributed by atoms with E-state index in [0.29, 0.717) is 23.1 Å². The predicted octanol–water partition coefficient (Wildman–Crippen LogP) is 2.44. The van der Waals surface area contributed by atoms with Gasteiger partial charge in [-0.1, -0.05) is 23.7 Å². The molecule has 0 saturated carbocycles. The van der Waals surface area contributed by atoms with E-state index in [4.69, 9.17) is 16.0 Å². The van der Waals surface area contributed by atoms with Gasteiger partial charge in [-0.2, -0.15) is 0 Å². The second kappa shape index (κ2) is 6.62. The summed E-state index contributed by atoms with van der Waals surface area (Å²) in [6.45, 7) is 2.28. The van der Waals surface area contributed by atoms with Crippen LogP contribution in [0.2, 0.25) is 5.02 Å². The van der Waals surface area contributed by atoms with Crippen molar-refractivity contribution in [3.8, 4) is 0 Å². The van der Waals surface area contributed by atoms with Crippen LogP contribution in [0.4, 0.5) is 0 Å². The molecule has 0 bridgehead atoms. The Bertz CT molecular complexity index is 726. The maximum absolute atomic E-state index is 12.3. The van der Waals surface area contributed by atoms with Gasteiger partial charge in [0.15, 0.2) is 0 Å². The Morgan fingerprint density at radius 3 is 2.67 bits per heavy atom. The van der Waals surface area contributed by atoms with Gasteiger partial charge in [-0.25, -0.2) is 13.1 Å². The molecule has 0 radical (unpaired) electrons. The maximum atomic E-state index is 12.3. The summed E-state index contributed by atoms with van der Waals surface area (Å²) in [4.78, 5) is 0.162. The summed E-state index contributed by atoms with van der Waals surface area (Å²) in [5, 5.41) is 3.49. The van der Waals surface area contributed by atoms with E-state index in [2.05, 4.69) is 10.0 Å². The molecule has 2 N–H and O–H groups in total. The van der Waals surface area contributed by atoms with Gasteiger partial charge < -0.3 is 9.73 Å². The highest BCUT2D eigenvalue weighted by atomic mass is 35.5. The van der Waals surface area contributed by atoms with Gasteiger partial charge in [-0.3, -0.25) is 0 Å². The standard InChI is InChI=1S/C14H17ClN2O3S/c1-10-14(7-13(20-10)9-16-2)21(18,19)17-8-11-4-3-5-12(15)6-11/h3-7,16-17H,8-9H2,1-2H3. The van der Waals surface area contributed by atoms with Crippen molar-refractivity contribution in [2.24, 2.45) is 0 Å². The lowest BCUT2D eigenvalue weighted by Crippen LogP contribution is -2.23. The molecule has 114 valence electrons. The normalized spacial score (nSPS) is 11.8. The van der Waals surface area contributed by atoms with Gasteiger partial charge >= 0.3 is 0 Å². The van der Waals surface area contributed by atoms with E-state index in [1.165, 1.54) is 6.07 Å². The molecule has 5 nitrogen and oxygen atoms in total. The maximum Gasteiger partial charge on any atom is 0.244 e. The van der Waals surface area contributed by atoms with Gasteiger partial charge in [0, 0.05) is 17.6 Å². The minimum Gasteiger partial charge on any atom is -0.464 e. The quantitative estimate of drug-likeness (QED) is 0.854. The Morgan fingerprint density at radius 2 is 2.00 bits per heavy atom. The molecule has 0 saturated heterocycles. The van der Waals surface area contributed by atoms with Crippen LogP contribution in [0.1, 0.15) is 17.1 Å². The molecule has 1 aromatic carbocycles. The van der Waals surface area contributed by atoms with Crippen molar-refractivity contribution in [3.63, 3.8) is 0 Å². The largest absolute Gasteiger partial charge is 0.464 e. The molecular formula is C14H17ClN2O3S. The van der Waals surface area contributed by atoms with E-state index in [-0.39, 0.29) is 11.4 Å². The van der Waals surface area contributed by atoms with Gasteiger partial charge in [-0.15, -0.1) is 0 Å². The van der Waals surface area contributed by atoms with Crippen LogP contribution < -0.4 is 10.0 Å². The van der Waals surface area contributed by atoms with Crippen molar-refractivity contribution < 1.29 is 12.8 Å². The summed E-state index contributed by atoms with van der Waals surface area (Å²) in [6, 6.07) is 8.58. The third-order valence-electron chi connectivity index (χ3n) is 2.92. The van der Waals surface area contributed by atoms with Crippen molar-refractivity contribution >= 4 is 21.6 Å². The Hall–Kier alpha value is -1.34. The number of hydrogen-bond acceptors (Lipinski definition) is 4. The zero-order chi connectivity index (χ0) is 15.5. The van der Waals surface area contributed by atoms with Crippen molar-refractivity contribution in [3.05, 3.63) is 52.4 Å². The van der Waals surface area contributed by atoms with Crippen LogP contribution in [0.25, 0.3) is 0 Å². The van der Waals surface area contributed by atoms with E-state index in [9.17, 15) is 8.42 Å². The summed E-state index contributed by atoms with van der Waals surface area (Å²) < 4.78 is 32.6. The zero-order valence-corrected chi connectivity index (χ0v) is 13.4. The van der Waals surface area contributed by atoms with Crippen LogP contribution in [0.15, 0.2) is 39.6 Å². The monoisotopic (exact) mass is 328 g/mol. The van der Waals surface area contributed by atoms with Gasteiger partial charge in [-0.05, 0) is 31.7 Å².